The van der Waals surface area contributed by atoms with Crippen LogP contribution in [0.4, 0.5) is 5.69 Å². The van der Waals surface area contributed by atoms with Gasteiger partial charge in [-0.05, 0) is 124 Å². The number of primary amides is 1. The van der Waals surface area contributed by atoms with E-state index in [1.807, 2.05) is 36.9 Å². The highest BCUT2D eigenvalue weighted by Gasteiger charge is 2.38. The number of ketones is 1. The second-order valence-corrected chi connectivity index (χ2v) is 34.3. The number of hydrogen-bond donors (Lipinski definition) is 19. The minimum absolute atomic E-state index is 0.0485. The number of hydrogen-bond acceptors (Lipinski definition) is 21. The number of carboxylic acid groups (broad SMARTS) is 1. The first-order chi connectivity index (χ1) is 62.0. The SMILES string of the molecule is CCCCCCCCCCCC(=O)N[C@@H](CCC(=O)O)C(=O)NCCCC[C@H](NC(=O)[C@@H](N)[C@@H](C)CC)C(=O)N1CCN(c2ccc3ncn(CC(=O)N[C@@H](CCCNC(=N)N)C(=O)N[C@@H](Cc4c[nH]cn4)C(=O)N[C@@H](Cc4ccc(O)cc4)C(=O)N[C@@H](CC(C)C)C(=O)N[C@@H](CC(N)=O)C(=O)N[C@@H](Cc4c[nH]c5ccccc45)C(=O)N[C@H](C(C)=O)C(C)C)c(=O)c3c2)CC1. The number of rotatable bonds is 57. The van der Waals surface area contributed by atoms with E-state index in [0.29, 0.717) is 42.5 Å². The molecule has 3 aromatic carbocycles. The van der Waals surface area contributed by atoms with Crippen LogP contribution in [-0.2, 0) is 92.9 Å². The lowest BCUT2D eigenvalue weighted by Crippen LogP contribution is -2.61. The number of carbonyl (C=O) groups excluding carboxylic acids is 13. The molecule has 11 atom stereocenters. The molecule has 39 nitrogen and oxygen atoms in total. The van der Waals surface area contributed by atoms with Crippen LogP contribution >= 0.6 is 0 Å². The molecule has 7 rings (SSSR count). The van der Waals surface area contributed by atoms with Gasteiger partial charge in [-0.25, -0.2) is 9.97 Å². The lowest BCUT2D eigenvalue weighted by molar-refractivity contribution is -0.138. The number of carboxylic acids is 1. The predicted molar refractivity (Wildman–Crippen MR) is 489 cm³/mol. The number of aromatic hydroxyl groups is 1. The number of nitrogens with two attached hydrogens (primary N) is 3. The molecule has 130 heavy (non-hydrogen) atoms. The summed E-state index contributed by atoms with van der Waals surface area (Å²) >= 11 is 0. The molecule has 3 aromatic heterocycles. The van der Waals surface area contributed by atoms with Crippen LogP contribution < -0.4 is 86.1 Å². The molecule has 0 saturated carbocycles. The van der Waals surface area contributed by atoms with Gasteiger partial charge < -0.3 is 106 Å². The Hall–Kier alpha value is -12.8. The molecule has 1 fully saturated rings. The molecule has 12 amide bonds. The number of aliphatic carboxylic acids is 1. The Balaban J connectivity index is 1.03. The molecule has 39 heteroatoms. The molecule has 0 spiro atoms. The van der Waals surface area contributed by atoms with Crippen LogP contribution in [0.15, 0.2) is 96.6 Å². The number of piperazine rings is 1. The van der Waals surface area contributed by atoms with E-state index in [-0.39, 0.29) is 167 Å². The van der Waals surface area contributed by atoms with Crippen molar-refractivity contribution in [2.45, 2.75) is 270 Å². The van der Waals surface area contributed by atoms with Crippen molar-refractivity contribution in [3.8, 4) is 5.75 Å². The largest absolute Gasteiger partial charge is 0.508 e. The van der Waals surface area contributed by atoms with Crippen molar-refractivity contribution in [1.82, 2.24) is 87.9 Å². The maximum absolute atomic E-state index is 15.1. The van der Waals surface area contributed by atoms with Crippen LogP contribution in [0.25, 0.3) is 21.8 Å². The number of phenols is 1. The second kappa shape index (κ2) is 53.2. The molecular weight excluding hydrogens is 1670 g/mol. The average Bonchev–Trinajstić information content (AvgIpc) is 0.944. The van der Waals surface area contributed by atoms with Crippen LogP contribution in [0, 0.1) is 23.2 Å². The third-order valence-corrected chi connectivity index (χ3v) is 23.0. The van der Waals surface area contributed by atoms with E-state index in [1.54, 1.807) is 63.1 Å². The highest BCUT2D eigenvalue weighted by molar-refractivity contribution is 6.00. The standard InChI is InChI=1S/C91H134N22O17/c1-9-11-12-13-14-15-16-17-18-28-76(117)102-68(35-36-78(119)120)81(121)97-37-22-21-26-69(104-88(128)79(93)56(7)10-2)90(130)112-41-39-111(40-42-112)61-31-34-66-64(47-61)89(129)113(53-101-66)51-77(118)103-67(27-23-38-98-91(94)95)82(122)108-73(46-60-50-96-52-100-60)85(125)106-71(44-58-29-32-62(115)33-30-58)84(124)105-70(43-54(3)4)83(123)109-74(48-75(92)116)86(126)107-72(87(127)110-80(55(5)6)57(8)114)45-59-49-99-65-25-20-19-24-63(59)65/h19-20,24-25,29-34,47,49-50,52-56,67-74,79-80,99,115H,9-18,21-23,26-28,35-46,48,51,93H2,1-8H3,(H2,92,116)(H,96,100)(H,97,121)(H,102,117)(H,103,118)(H,104,128)(H,105,124)(H,106,125)(H,107,126)(H,108,122)(H,109,123)(H,110,127)(H,119,120)(H4,94,95,98)/t56-,67-,68-,69-,70-,71-,72-,73-,74-,79-,80-/m0/s1. The summed E-state index contributed by atoms with van der Waals surface area (Å²) in [6.07, 6.45) is 14.9. The summed E-state index contributed by atoms with van der Waals surface area (Å²) in [4.78, 5) is 227. The van der Waals surface area contributed by atoms with Crippen LogP contribution in [0.2, 0.25) is 0 Å². The number of amides is 12. The zero-order valence-corrected chi connectivity index (χ0v) is 75.9. The summed E-state index contributed by atoms with van der Waals surface area (Å²) in [7, 11) is 0. The van der Waals surface area contributed by atoms with E-state index in [4.69, 9.17) is 22.6 Å². The molecule has 0 bridgehead atoms. The Bertz CT molecular complexity index is 4860. The minimum atomic E-state index is -1.74. The lowest BCUT2D eigenvalue weighted by atomic mass is 9.98. The van der Waals surface area contributed by atoms with Gasteiger partial charge in [0.15, 0.2) is 11.7 Å². The van der Waals surface area contributed by atoms with Gasteiger partial charge in [0.05, 0.1) is 47.8 Å². The smallest absolute Gasteiger partial charge is 0.303 e. The Labute approximate surface area is 757 Å². The fourth-order valence-electron chi connectivity index (χ4n) is 15.4. The fraction of sp³-hybridized carbons (Fsp3) is 0.560. The van der Waals surface area contributed by atoms with Gasteiger partial charge in [0.1, 0.15) is 60.6 Å². The summed E-state index contributed by atoms with van der Waals surface area (Å²) in [6.45, 7) is 14.7. The number of phenolic OH excluding ortho intramolecular Hbond substituents is 1. The number of anilines is 1. The molecule has 1 aliphatic heterocycles. The zero-order valence-electron chi connectivity index (χ0n) is 75.9. The van der Waals surface area contributed by atoms with E-state index in [0.717, 1.165) is 41.2 Å². The number of benzene rings is 3. The van der Waals surface area contributed by atoms with Crippen LogP contribution in [0.1, 0.15) is 201 Å². The first-order valence-corrected chi connectivity index (χ1v) is 45.2. The van der Waals surface area contributed by atoms with Crippen molar-refractivity contribution in [1.29, 1.82) is 5.41 Å². The molecule has 4 heterocycles. The van der Waals surface area contributed by atoms with Crippen molar-refractivity contribution in [2.75, 3.05) is 44.2 Å². The summed E-state index contributed by atoms with van der Waals surface area (Å²) in [5.41, 5.74) is 19.9. The van der Waals surface area contributed by atoms with Crippen LogP contribution in [0.5, 0.6) is 5.75 Å². The number of para-hydroxylation sites is 1. The van der Waals surface area contributed by atoms with Gasteiger partial charge in [-0.15, -0.1) is 0 Å². The Kier molecular flexibility index (Phi) is 42.7. The van der Waals surface area contributed by atoms with Crippen molar-refractivity contribution >= 4 is 116 Å². The fourth-order valence-corrected chi connectivity index (χ4v) is 15.4. The molecule has 710 valence electrons. The normalized spacial score (nSPS) is 14.6. The Morgan fingerprint density at radius 2 is 1.13 bits per heavy atom. The molecular formula is C91H134N22O17. The molecule has 1 aliphatic rings. The summed E-state index contributed by atoms with van der Waals surface area (Å²) < 4.78 is 1.05. The quantitative estimate of drug-likeness (QED) is 0.0148. The average molecular weight is 1810 g/mol. The van der Waals surface area contributed by atoms with Gasteiger partial charge >= 0.3 is 5.97 Å². The first kappa shape index (κ1) is 104. The number of H-pyrrole nitrogens is 2. The third kappa shape index (κ3) is 34.3. The Morgan fingerprint density at radius 1 is 0.554 bits per heavy atom. The van der Waals surface area contributed by atoms with E-state index in [1.165, 1.54) is 75.7 Å². The molecule has 1 saturated heterocycles. The number of carbonyl (C=O) groups is 14. The van der Waals surface area contributed by atoms with Gasteiger partial charge in [0, 0.05) is 100 Å². The number of nitrogens with one attached hydrogen (secondary N) is 14. The van der Waals surface area contributed by atoms with Gasteiger partial charge in [0.2, 0.25) is 70.9 Å². The molecule has 0 aliphatic carbocycles. The van der Waals surface area contributed by atoms with Gasteiger partial charge in [0.25, 0.3) is 5.56 Å². The number of guanidine groups is 1. The van der Waals surface area contributed by atoms with Crippen molar-refractivity contribution < 1.29 is 77.3 Å². The molecule has 0 unspecified atom stereocenters. The third-order valence-electron chi connectivity index (χ3n) is 23.0. The van der Waals surface area contributed by atoms with Gasteiger partial charge in [-0.3, -0.25) is 81.9 Å². The number of fused-ring (bicyclic) bond motifs is 2. The van der Waals surface area contributed by atoms with Gasteiger partial charge in [-0.2, -0.15) is 0 Å². The number of nitrogens with zero attached hydrogens (tertiary/aromatic N) is 5. The predicted octanol–water partition coefficient (Wildman–Crippen LogP) is 2.92. The first-order valence-electron chi connectivity index (χ1n) is 45.2. The van der Waals surface area contributed by atoms with Crippen molar-refractivity contribution in [3.05, 3.63) is 119 Å². The van der Waals surface area contributed by atoms with E-state index >= 15 is 9.59 Å². The van der Waals surface area contributed by atoms with E-state index in [2.05, 4.69) is 85.3 Å². The number of unbranched alkanes of at least 4 members (excludes halogenated alkanes) is 9. The van der Waals surface area contributed by atoms with Crippen molar-refractivity contribution in [2.24, 2.45) is 35.0 Å². The van der Waals surface area contributed by atoms with E-state index in [9.17, 15) is 72.5 Å². The van der Waals surface area contributed by atoms with Gasteiger partial charge in [-0.1, -0.05) is 137 Å². The highest BCUT2D eigenvalue weighted by Crippen LogP contribution is 2.25. The van der Waals surface area contributed by atoms with Crippen LogP contribution in [-0.4, -0.2) is 228 Å². The number of aromatic amines is 2. The second-order valence-electron chi connectivity index (χ2n) is 34.3. The number of Topliss-reactive ketones (excluding diaryl/α,β-unsaturated/α-hetero) is 1. The number of aromatic nitrogens is 5. The maximum atomic E-state index is 15.1. The summed E-state index contributed by atoms with van der Waals surface area (Å²) in [6, 6.07) is 4.74. The van der Waals surface area contributed by atoms with E-state index < -0.39 is 144 Å². The summed E-state index contributed by atoms with van der Waals surface area (Å²) in [5, 5.41) is 58.2. The monoisotopic (exact) mass is 1810 g/mol. The summed E-state index contributed by atoms with van der Waals surface area (Å²) in [5.74, 6) is -12.0. The van der Waals surface area contributed by atoms with Crippen molar-refractivity contribution in [3.63, 3.8) is 0 Å². The molecule has 0 radical (unpaired) electrons. The lowest BCUT2D eigenvalue weighted by Gasteiger charge is -2.38. The highest BCUT2D eigenvalue weighted by atomic mass is 16.4. The van der Waals surface area contributed by atoms with Crippen LogP contribution in [0.3, 0.4) is 0 Å². The molecule has 6 aromatic rings. The topological polar surface area (TPSA) is 600 Å². The zero-order chi connectivity index (χ0) is 95.1. The Morgan fingerprint density at radius 3 is 1.75 bits per heavy atom. The molecule has 22 N–H and O–H groups in total. The minimum Gasteiger partial charge on any atom is -0.508 e. The maximum Gasteiger partial charge on any atom is 0.303 e. The number of imidazole rings is 1.